The number of sulfonamides is 1. The molecule has 27 heavy (non-hydrogen) atoms. The summed E-state index contributed by atoms with van der Waals surface area (Å²) in [4.78, 5) is 7.95. The van der Waals surface area contributed by atoms with Gasteiger partial charge in [-0.1, -0.05) is 11.6 Å². The van der Waals surface area contributed by atoms with E-state index in [1.165, 1.54) is 25.6 Å². The lowest BCUT2D eigenvalue weighted by Gasteiger charge is -2.12. The Kier molecular flexibility index (Phi) is 4.36. The molecule has 0 spiro atoms. The minimum Gasteiger partial charge on any atom is -0.480 e. The highest BCUT2D eigenvalue weighted by atomic mass is 35.5. The predicted molar refractivity (Wildman–Crippen MR) is 97.6 cm³/mol. The van der Waals surface area contributed by atoms with Crippen molar-refractivity contribution in [2.45, 2.75) is 11.4 Å². The highest BCUT2D eigenvalue weighted by molar-refractivity contribution is 7.92. The molecule has 0 bridgehead atoms. The fourth-order valence-corrected chi connectivity index (χ4v) is 4.14. The predicted octanol–water partition coefficient (Wildman–Crippen LogP) is 2.20. The first-order valence-electron chi connectivity index (χ1n) is 7.85. The van der Waals surface area contributed by atoms with Crippen molar-refractivity contribution in [3.63, 3.8) is 0 Å². The summed E-state index contributed by atoms with van der Waals surface area (Å²) in [6.45, 7) is 0.996. The number of nitrogens with zero attached hydrogens (tertiary/aromatic N) is 4. The van der Waals surface area contributed by atoms with Crippen LogP contribution < -0.4 is 14.2 Å². The van der Waals surface area contributed by atoms with E-state index in [0.717, 1.165) is 5.69 Å². The fraction of sp³-hybridized carbons (Fsp3) is 0.188. The lowest BCUT2D eigenvalue weighted by molar-refractivity contribution is 0.290. The number of pyridine rings is 2. The summed E-state index contributed by atoms with van der Waals surface area (Å²) >= 11 is 5.89. The zero-order valence-electron chi connectivity index (χ0n) is 14.1. The van der Waals surface area contributed by atoms with E-state index in [9.17, 15) is 8.42 Å². The van der Waals surface area contributed by atoms with Crippen LogP contribution in [0.5, 0.6) is 11.8 Å². The smallest absolute Gasteiger partial charge is 0.267 e. The minimum atomic E-state index is -4.00. The van der Waals surface area contributed by atoms with Gasteiger partial charge in [-0.05, 0) is 18.2 Å². The van der Waals surface area contributed by atoms with Crippen molar-refractivity contribution in [3.05, 3.63) is 41.8 Å². The van der Waals surface area contributed by atoms with Crippen molar-refractivity contribution in [2.24, 2.45) is 0 Å². The van der Waals surface area contributed by atoms with Crippen LogP contribution in [0, 0.1) is 0 Å². The highest BCUT2D eigenvalue weighted by Gasteiger charge is 2.23. The van der Waals surface area contributed by atoms with Crippen molar-refractivity contribution >= 4 is 27.3 Å². The Morgan fingerprint density at radius 1 is 1.30 bits per heavy atom. The van der Waals surface area contributed by atoms with Gasteiger partial charge in [0.15, 0.2) is 4.90 Å². The van der Waals surface area contributed by atoms with Crippen LogP contribution in [0.15, 0.2) is 41.7 Å². The maximum absolute atomic E-state index is 12.8. The molecule has 0 unspecified atom stereocenters. The summed E-state index contributed by atoms with van der Waals surface area (Å²) in [5.74, 6) is 0.357. The van der Waals surface area contributed by atoms with Crippen LogP contribution in [0.4, 0.5) is 5.69 Å². The molecule has 140 valence electrons. The van der Waals surface area contributed by atoms with Gasteiger partial charge in [0.2, 0.25) is 11.8 Å². The SMILES string of the molecule is COc1ncc(Cl)cc1S(=O)(=O)Nc1cnc2c(c1)-c1ccnn1CCO2. The van der Waals surface area contributed by atoms with Gasteiger partial charge in [-0.15, -0.1) is 0 Å². The van der Waals surface area contributed by atoms with Crippen LogP contribution in [0.1, 0.15) is 0 Å². The monoisotopic (exact) mass is 407 g/mol. The largest absolute Gasteiger partial charge is 0.480 e. The van der Waals surface area contributed by atoms with Crippen LogP contribution in [-0.4, -0.2) is 41.9 Å². The Morgan fingerprint density at radius 3 is 2.96 bits per heavy atom. The van der Waals surface area contributed by atoms with E-state index in [-0.39, 0.29) is 21.5 Å². The Morgan fingerprint density at radius 2 is 2.15 bits per heavy atom. The first-order valence-corrected chi connectivity index (χ1v) is 9.71. The van der Waals surface area contributed by atoms with Gasteiger partial charge in [0.05, 0.1) is 41.8 Å². The number of rotatable bonds is 4. The lowest BCUT2D eigenvalue weighted by Crippen LogP contribution is -2.15. The topological polar surface area (TPSA) is 108 Å². The number of fused-ring (bicyclic) bond motifs is 3. The maximum atomic E-state index is 12.8. The highest BCUT2D eigenvalue weighted by Crippen LogP contribution is 2.33. The molecule has 1 aliphatic heterocycles. The summed E-state index contributed by atoms with van der Waals surface area (Å²) in [6.07, 6.45) is 4.36. The third-order valence-corrected chi connectivity index (χ3v) is 5.49. The second-order valence-corrected chi connectivity index (χ2v) is 7.72. The molecule has 0 saturated carbocycles. The van der Waals surface area contributed by atoms with Gasteiger partial charge in [-0.3, -0.25) is 9.40 Å². The lowest BCUT2D eigenvalue weighted by atomic mass is 10.2. The third kappa shape index (κ3) is 3.28. The maximum Gasteiger partial charge on any atom is 0.267 e. The molecule has 0 radical (unpaired) electrons. The molecule has 0 aliphatic carbocycles. The van der Waals surface area contributed by atoms with Crippen molar-refractivity contribution in [1.29, 1.82) is 0 Å². The Hall–Kier alpha value is -2.85. The molecular weight excluding hydrogens is 394 g/mol. The molecule has 11 heteroatoms. The molecular formula is C16H14ClN5O4S. The first kappa shape index (κ1) is 17.6. The number of nitrogens with one attached hydrogen (secondary N) is 1. The van der Waals surface area contributed by atoms with Crippen LogP contribution in [0.25, 0.3) is 11.3 Å². The van der Waals surface area contributed by atoms with Gasteiger partial charge in [-0.25, -0.2) is 18.4 Å². The Bertz CT molecular complexity index is 1120. The third-order valence-electron chi connectivity index (χ3n) is 3.91. The molecule has 4 rings (SSSR count). The van der Waals surface area contributed by atoms with Crippen molar-refractivity contribution < 1.29 is 17.9 Å². The van der Waals surface area contributed by atoms with Gasteiger partial charge >= 0.3 is 0 Å². The molecule has 1 aliphatic rings. The standard InChI is InChI=1S/C16H14ClN5O4S/c1-25-16-14(6-10(17)8-18-16)27(23,24)21-11-7-12-13-2-3-20-22(13)4-5-26-15(12)19-9-11/h2-3,6-9,21H,4-5H2,1H3. The molecule has 3 aromatic rings. The molecule has 9 nitrogen and oxygen atoms in total. The van der Waals surface area contributed by atoms with E-state index in [4.69, 9.17) is 21.1 Å². The summed E-state index contributed by atoms with van der Waals surface area (Å²) in [5, 5.41) is 4.41. The second kappa shape index (κ2) is 6.71. The Labute approximate surface area is 160 Å². The van der Waals surface area contributed by atoms with E-state index in [1.54, 1.807) is 16.9 Å². The van der Waals surface area contributed by atoms with Gasteiger partial charge in [0.1, 0.15) is 6.61 Å². The summed E-state index contributed by atoms with van der Waals surface area (Å²) in [6, 6.07) is 4.73. The number of anilines is 1. The number of halogens is 1. The normalized spacial score (nSPS) is 13.1. The van der Waals surface area contributed by atoms with Gasteiger partial charge < -0.3 is 9.47 Å². The summed E-state index contributed by atoms with van der Waals surface area (Å²) in [5.41, 5.74) is 1.69. The molecule has 0 fully saturated rings. The fourth-order valence-electron chi connectivity index (χ4n) is 2.74. The van der Waals surface area contributed by atoms with E-state index >= 15 is 0 Å². The molecule has 1 N–H and O–H groups in total. The summed E-state index contributed by atoms with van der Waals surface area (Å²) < 4.78 is 40.5. The molecule has 3 aromatic heterocycles. The number of hydrogen-bond donors (Lipinski definition) is 1. The van der Waals surface area contributed by atoms with E-state index in [1.807, 2.05) is 6.07 Å². The quantitative estimate of drug-likeness (QED) is 0.706. The van der Waals surface area contributed by atoms with Crippen LogP contribution in [0.2, 0.25) is 5.02 Å². The van der Waals surface area contributed by atoms with Crippen molar-refractivity contribution in [3.8, 4) is 23.0 Å². The average molecular weight is 408 g/mol. The molecule has 0 saturated heterocycles. The zero-order valence-corrected chi connectivity index (χ0v) is 15.7. The number of hydrogen-bond acceptors (Lipinski definition) is 7. The first-order chi connectivity index (χ1) is 13.0. The zero-order chi connectivity index (χ0) is 19.0. The number of aromatic nitrogens is 4. The van der Waals surface area contributed by atoms with Gasteiger partial charge in [0, 0.05) is 12.4 Å². The molecule has 4 heterocycles. The minimum absolute atomic E-state index is 0.0592. The average Bonchev–Trinajstić information content (AvgIpc) is 3.04. The van der Waals surface area contributed by atoms with Gasteiger partial charge in [-0.2, -0.15) is 5.10 Å². The molecule has 0 atom stereocenters. The molecule has 0 aromatic carbocycles. The van der Waals surface area contributed by atoms with Crippen molar-refractivity contribution in [1.82, 2.24) is 19.7 Å². The van der Waals surface area contributed by atoms with E-state index in [2.05, 4.69) is 19.8 Å². The van der Waals surface area contributed by atoms with Gasteiger partial charge in [0.25, 0.3) is 10.0 Å². The number of ether oxygens (including phenoxy) is 2. The summed E-state index contributed by atoms with van der Waals surface area (Å²) in [7, 11) is -2.67. The Balaban J connectivity index is 1.74. The van der Waals surface area contributed by atoms with Crippen molar-refractivity contribution in [2.75, 3.05) is 18.4 Å². The van der Waals surface area contributed by atoms with Crippen LogP contribution >= 0.6 is 11.6 Å². The van der Waals surface area contributed by atoms with E-state index in [0.29, 0.717) is 24.6 Å². The molecule has 0 amide bonds. The van der Waals surface area contributed by atoms with Crippen LogP contribution in [-0.2, 0) is 16.6 Å². The van der Waals surface area contributed by atoms with E-state index < -0.39 is 10.0 Å². The van der Waals surface area contributed by atoms with Crippen LogP contribution in [0.3, 0.4) is 0 Å². The second-order valence-electron chi connectivity index (χ2n) is 5.63. The number of methoxy groups -OCH3 is 1.